The third-order valence-electron chi connectivity index (χ3n) is 4.82. The maximum Gasteiger partial charge on any atom is 0.270 e. The number of benzene rings is 3. The van der Waals surface area contributed by atoms with Gasteiger partial charge >= 0.3 is 0 Å². The lowest BCUT2D eigenvalue weighted by atomic mass is 10.1. The number of nitro benzene ring substituents is 1. The number of nitrogens with zero attached hydrogens (tertiary/aromatic N) is 1. The third kappa shape index (κ3) is 5.94. The molecular weight excluding hydrogens is 440 g/mol. The second-order valence-corrected chi connectivity index (χ2v) is 7.22. The van der Waals surface area contributed by atoms with Gasteiger partial charge < -0.3 is 20.7 Å². The van der Waals surface area contributed by atoms with Gasteiger partial charge in [0.1, 0.15) is 11.8 Å². The molecule has 10 heteroatoms. The SMILES string of the molecule is COc1cccc(NC(=O)c2ccccc2NC(=O)C(C)NC(=O)c2cccc([N+](=O)[O-])c2)c1. The first kappa shape index (κ1) is 23.9. The number of non-ortho nitro benzene ring substituents is 1. The number of hydrogen-bond donors (Lipinski definition) is 3. The Morgan fingerprint density at radius 1 is 0.912 bits per heavy atom. The fourth-order valence-corrected chi connectivity index (χ4v) is 3.04. The van der Waals surface area contributed by atoms with Crippen LogP contribution in [0.15, 0.2) is 72.8 Å². The molecule has 34 heavy (non-hydrogen) atoms. The molecule has 3 rings (SSSR count). The van der Waals surface area contributed by atoms with Crippen molar-refractivity contribution in [3.8, 4) is 5.75 Å². The van der Waals surface area contributed by atoms with Crippen LogP contribution in [0.2, 0.25) is 0 Å². The number of anilines is 2. The summed E-state index contributed by atoms with van der Waals surface area (Å²) in [5, 5.41) is 18.8. The molecule has 0 heterocycles. The number of carbonyl (C=O) groups excluding carboxylic acids is 3. The van der Waals surface area contributed by atoms with E-state index in [9.17, 15) is 24.5 Å². The topological polar surface area (TPSA) is 140 Å². The zero-order valence-corrected chi connectivity index (χ0v) is 18.4. The van der Waals surface area contributed by atoms with Crippen LogP contribution in [0.1, 0.15) is 27.6 Å². The summed E-state index contributed by atoms with van der Waals surface area (Å²) in [5.41, 5.74) is 0.802. The molecule has 0 spiro atoms. The second kappa shape index (κ2) is 10.7. The number of ether oxygens (including phenoxy) is 1. The number of nitrogens with one attached hydrogen (secondary N) is 3. The molecule has 174 valence electrons. The first-order valence-corrected chi connectivity index (χ1v) is 10.2. The summed E-state index contributed by atoms with van der Waals surface area (Å²) in [6, 6.07) is 17.5. The standard InChI is InChI=1S/C24H22N4O6/c1-15(25-23(30)16-7-5-9-18(13-16)28(32)33)22(29)27-21-12-4-3-11-20(21)24(31)26-17-8-6-10-19(14-17)34-2/h3-15H,1-2H3,(H,25,30)(H,26,31)(H,27,29). The molecule has 0 fully saturated rings. The molecule has 0 radical (unpaired) electrons. The molecular formula is C24H22N4O6. The van der Waals surface area contributed by atoms with E-state index in [0.717, 1.165) is 6.07 Å². The fraction of sp³-hybridized carbons (Fsp3) is 0.125. The molecule has 0 aliphatic rings. The van der Waals surface area contributed by atoms with Crippen LogP contribution >= 0.6 is 0 Å². The minimum absolute atomic E-state index is 0.0481. The van der Waals surface area contributed by atoms with Crippen molar-refractivity contribution in [3.63, 3.8) is 0 Å². The summed E-state index contributed by atoms with van der Waals surface area (Å²) in [6.45, 7) is 1.46. The minimum Gasteiger partial charge on any atom is -0.497 e. The molecule has 0 saturated carbocycles. The number of carbonyl (C=O) groups is 3. The maximum atomic E-state index is 12.8. The van der Waals surface area contributed by atoms with Crippen molar-refractivity contribution in [2.75, 3.05) is 17.7 Å². The first-order valence-electron chi connectivity index (χ1n) is 10.2. The Kier molecular flexibility index (Phi) is 7.55. The lowest BCUT2D eigenvalue weighted by Crippen LogP contribution is -2.41. The van der Waals surface area contributed by atoms with E-state index < -0.39 is 28.7 Å². The van der Waals surface area contributed by atoms with E-state index in [1.54, 1.807) is 48.5 Å². The summed E-state index contributed by atoms with van der Waals surface area (Å²) in [7, 11) is 1.52. The molecule has 0 bridgehead atoms. The number of hydrogen-bond acceptors (Lipinski definition) is 6. The van der Waals surface area contributed by atoms with Gasteiger partial charge in [-0.25, -0.2) is 0 Å². The van der Waals surface area contributed by atoms with Gasteiger partial charge in [-0.3, -0.25) is 24.5 Å². The van der Waals surface area contributed by atoms with Gasteiger partial charge in [0, 0.05) is 29.4 Å². The Morgan fingerprint density at radius 3 is 2.38 bits per heavy atom. The molecule has 1 unspecified atom stereocenters. The quantitative estimate of drug-likeness (QED) is 0.345. The average Bonchev–Trinajstić information content (AvgIpc) is 2.84. The van der Waals surface area contributed by atoms with Crippen molar-refractivity contribution in [3.05, 3.63) is 94.0 Å². The van der Waals surface area contributed by atoms with E-state index in [2.05, 4.69) is 16.0 Å². The van der Waals surface area contributed by atoms with Crippen molar-refractivity contribution >= 4 is 34.8 Å². The van der Waals surface area contributed by atoms with Crippen molar-refractivity contribution in [1.82, 2.24) is 5.32 Å². The fourth-order valence-electron chi connectivity index (χ4n) is 3.04. The highest BCUT2D eigenvalue weighted by atomic mass is 16.6. The van der Waals surface area contributed by atoms with Crippen molar-refractivity contribution in [2.45, 2.75) is 13.0 Å². The van der Waals surface area contributed by atoms with E-state index >= 15 is 0 Å². The second-order valence-electron chi connectivity index (χ2n) is 7.22. The Hall–Kier alpha value is -4.73. The molecule has 3 aromatic rings. The first-order chi connectivity index (χ1) is 16.3. The van der Waals surface area contributed by atoms with Crippen molar-refractivity contribution < 1.29 is 24.0 Å². The predicted molar refractivity (Wildman–Crippen MR) is 126 cm³/mol. The summed E-state index contributed by atoms with van der Waals surface area (Å²) in [4.78, 5) is 48.2. The Morgan fingerprint density at radius 2 is 1.65 bits per heavy atom. The molecule has 1 atom stereocenters. The average molecular weight is 462 g/mol. The highest BCUT2D eigenvalue weighted by molar-refractivity contribution is 6.11. The number of methoxy groups -OCH3 is 1. The molecule has 0 saturated heterocycles. The van der Waals surface area contributed by atoms with Crippen LogP contribution in [0.3, 0.4) is 0 Å². The number of nitro groups is 1. The number of para-hydroxylation sites is 1. The van der Waals surface area contributed by atoms with Crippen LogP contribution in [-0.2, 0) is 4.79 Å². The number of amides is 3. The Balaban J connectivity index is 1.69. The van der Waals surface area contributed by atoms with Gasteiger partial charge in [-0.15, -0.1) is 0 Å². The number of rotatable bonds is 8. The highest BCUT2D eigenvalue weighted by Crippen LogP contribution is 2.21. The van der Waals surface area contributed by atoms with Gasteiger partial charge in [0.2, 0.25) is 5.91 Å². The van der Waals surface area contributed by atoms with Crippen LogP contribution in [-0.4, -0.2) is 35.8 Å². The van der Waals surface area contributed by atoms with Crippen LogP contribution in [0.4, 0.5) is 17.1 Å². The monoisotopic (exact) mass is 462 g/mol. The summed E-state index contributed by atoms with van der Waals surface area (Å²) in [5.74, 6) is -1.08. The van der Waals surface area contributed by atoms with Gasteiger partial charge in [0.15, 0.2) is 0 Å². The largest absolute Gasteiger partial charge is 0.497 e. The van der Waals surface area contributed by atoms with Gasteiger partial charge in [0.05, 0.1) is 23.3 Å². The van der Waals surface area contributed by atoms with Crippen molar-refractivity contribution in [1.29, 1.82) is 0 Å². The van der Waals surface area contributed by atoms with E-state index in [1.165, 1.54) is 32.2 Å². The van der Waals surface area contributed by atoms with Crippen LogP contribution in [0.25, 0.3) is 0 Å². The summed E-state index contributed by atoms with van der Waals surface area (Å²) < 4.78 is 5.15. The Bertz CT molecular complexity index is 1240. The molecule has 0 aliphatic carbocycles. The highest BCUT2D eigenvalue weighted by Gasteiger charge is 2.20. The van der Waals surface area contributed by atoms with Gasteiger partial charge in [-0.1, -0.05) is 24.3 Å². The molecule has 0 aliphatic heterocycles. The van der Waals surface area contributed by atoms with E-state index in [-0.39, 0.29) is 22.5 Å². The van der Waals surface area contributed by atoms with E-state index in [4.69, 9.17) is 4.74 Å². The van der Waals surface area contributed by atoms with Crippen LogP contribution in [0, 0.1) is 10.1 Å². The Labute approximate surface area is 195 Å². The van der Waals surface area contributed by atoms with E-state index in [0.29, 0.717) is 11.4 Å². The lowest BCUT2D eigenvalue weighted by molar-refractivity contribution is -0.384. The smallest absolute Gasteiger partial charge is 0.270 e. The molecule has 3 amide bonds. The lowest BCUT2D eigenvalue weighted by Gasteiger charge is -2.16. The van der Waals surface area contributed by atoms with Gasteiger partial charge in [-0.2, -0.15) is 0 Å². The van der Waals surface area contributed by atoms with Crippen molar-refractivity contribution in [2.24, 2.45) is 0 Å². The summed E-state index contributed by atoms with van der Waals surface area (Å²) in [6.07, 6.45) is 0. The maximum absolute atomic E-state index is 12.8. The predicted octanol–water partition coefficient (Wildman–Crippen LogP) is 3.61. The molecule has 10 nitrogen and oxygen atoms in total. The van der Waals surface area contributed by atoms with Gasteiger partial charge in [-0.05, 0) is 37.3 Å². The zero-order chi connectivity index (χ0) is 24.7. The van der Waals surface area contributed by atoms with Gasteiger partial charge in [0.25, 0.3) is 17.5 Å². The normalized spacial score (nSPS) is 11.1. The van der Waals surface area contributed by atoms with Crippen LogP contribution in [0.5, 0.6) is 5.75 Å². The third-order valence-corrected chi connectivity index (χ3v) is 4.82. The molecule has 3 N–H and O–H groups in total. The minimum atomic E-state index is -0.985. The molecule has 0 aromatic heterocycles. The zero-order valence-electron chi connectivity index (χ0n) is 18.4. The van der Waals surface area contributed by atoms with E-state index in [1.807, 2.05) is 0 Å². The summed E-state index contributed by atoms with van der Waals surface area (Å²) >= 11 is 0. The van der Waals surface area contributed by atoms with Crippen LogP contribution < -0.4 is 20.7 Å². The molecule has 3 aromatic carbocycles.